The molecule has 0 fully saturated rings. The number of ether oxygens (including phenoxy) is 3. The lowest BCUT2D eigenvalue weighted by Crippen LogP contribution is -2.30. The lowest BCUT2D eigenvalue weighted by atomic mass is 10.0. The zero-order valence-electron chi connectivity index (χ0n) is 37.7. The molecule has 0 heterocycles. The number of rotatable bonds is 45. The normalized spacial score (nSPS) is 12.0. The van der Waals surface area contributed by atoms with Crippen molar-refractivity contribution in [2.24, 2.45) is 0 Å². The van der Waals surface area contributed by atoms with Crippen LogP contribution in [0.5, 0.6) is 0 Å². The van der Waals surface area contributed by atoms with Gasteiger partial charge in [-0.3, -0.25) is 14.4 Å². The van der Waals surface area contributed by atoms with Gasteiger partial charge in [-0.15, -0.1) is 0 Å². The van der Waals surface area contributed by atoms with E-state index < -0.39 is 6.10 Å². The van der Waals surface area contributed by atoms with Crippen molar-refractivity contribution in [1.29, 1.82) is 0 Å². The summed E-state index contributed by atoms with van der Waals surface area (Å²) in [5.74, 6) is -0.866. The van der Waals surface area contributed by atoms with E-state index in [-0.39, 0.29) is 31.1 Å². The monoisotopic (exact) mass is 791 g/mol. The van der Waals surface area contributed by atoms with E-state index in [9.17, 15) is 14.4 Å². The van der Waals surface area contributed by atoms with Gasteiger partial charge in [0.15, 0.2) is 6.10 Å². The molecule has 6 heteroatoms. The fourth-order valence-corrected chi connectivity index (χ4v) is 7.26. The van der Waals surface area contributed by atoms with Crippen molar-refractivity contribution in [3.8, 4) is 0 Å². The number of carbonyl (C=O) groups excluding carboxylic acids is 3. The molecule has 0 spiro atoms. The van der Waals surface area contributed by atoms with E-state index in [0.29, 0.717) is 19.3 Å². The van der Waals surface area contributed by atoms with Crippen molar-refractivity contribution >= 4 is 17.9 Å². The van der Waals surface area contributed by atoms with E-state index in [4.69, 9.17) is 14.2 Å². The summed E-state index contributed by atoms with van der Waals surface area (Å²) in [7, 11) is 0. The minimum absolute atomic E-state index is 0.0679. The van der Waals surface area contributed by atoms with E-state index in [1.54, 1.807) is 0 Å². The van der Waals surface area contributed by atoms with E-state index in [0.717, 1.165) is 64.2 Å². The Bertz CT molecular complexity index is 870. The molecule has 0 aliphatic heterocycles. The van der Waals surface area contributed by atoms with Crippen molar-refractivity contribution in [1.82, 2.24) is 0 Å². The van der Waals surface area contributed by atoms with Gasteiger partial charge in [-0.1, -0.05) is 219 Å². The molecule has 0 aromatic carbocycles. The first-order valence-electron chi connectivity index (χ1n) is 24.7. The van der Waals surface area contributed by atoms with Crippen LogP contribution in [0.25, 0.3) is 0 Å². The van der Waals surface area contributed by atoms with Gasteiger partial charge in [0.2, 0.25) is 0 Å². The summed E-state index contributed by atoms with van der Waals surface area (Å²) in [6, 6.07) is 0. The highest BCUT2D eigenvalue weighted by Crippen LogP contribution is 2.15. The van der Waals surface area contributed by atoms with Gasteiger partial charge in [0.1, 0.15) is 13.2 Å². The fourth-order valence-electron chi connectivity index (χ4n) is 7.26. The van der Waals surface area contributed by atoms with Crippen LogP contribution in [0.15, 0.2) is 12.2 Å². The van der Waals surface area contributed by atoms with Crippen molar-refractivity contribution in [3.05, 3.63) is 12.2 Å². The summed E-state index contributed by atoms with van der Waals surface area (Å²) < 4.78 is 16.7. The molecule has 0 bridgehead atoms. The maximum atomic E-state index is 12.7. The van der Waals surface area contributed by atoms with E-state index in [1.807, 2.05) is 0 Å². The molecule has 0 rings (SSSR count). The Morgan fingerprint density at radius 1 is 0.339 bits per heavy atom. The molecule has 1 atom stereocenters. The predicted molar refractivity (Wildman–Crippen MR) is 238 cm³/mol. The van der Waals surface area contributed by atoms with Gasteiger partial charge in [-0.25, -0.2) is 0 Å². The molecule has 0 aliphatic rings. The van der Waals surface area contributed by atoms with Crippen molar-refractivity contribution < 1.29 is 28.6 Å². The Morgan fingerprint density at radius 3 is 0.893 bits per heavy atom. The smallest absolute Gasteiger partial charge is 0.306 e. The van der Waals surface area contributed by atoms with Crippen LogP contribution in [0.4, 0.5) is 0 Å². The Kier molecular flexibility index (Phi) is 44.3. The first-order valence-corrected chi connectivity index (χ1v) is 24.7. The van der Waals surface area contributed by atoms with Crippen molar-refractivity contribution in [3.63, 3.8) is 0 Å². The maximum absolute atomic E-state index is 12.7. The predicted octanol–water partition coefficient (Wildman–Crippen LogP) is 15.8. The lowest BCUT2D eigenvalue weighted by Gasteiger charge is -2.18. The summed E-state index contributed by atoms with van der Waals surface area (Å²) >= 11 is 0. The van der Waals surface area contributed by atoms with E-state index in [2.05, 4.69) is 32.9 Å². The largest absolute Gasteiger partial charge is 0.462 e. The topological polar surface area (TPSA) is 78.9 Å². The van der Waals surface area contributed by atoms with Gasteiger partial charge in [0.05, 0.1) is 0 Å². The molecule has 0 N–H and O–H groups in total. The maximum Gasteiger partial charge on any atom is 0.306 e. The second-order valence-corrected chi connectivity index (χ2v) is 16.7. The Labute approximate surface area is 348 Å². The summed E-state index contributed by atoms with van der Waals surface area (Å²) in [4.78, 5) is 37.8. The first-order chi connectivity index (χ1) is 27.5. The molecule has 0 saturated carbocycles. The molecule has 6 nitrogen and oxygen atoms in total. The summed E-state index contributed by atoms with van der Waals surface area (Å²) in [6.45, 7) is 6.63. The lowest BCUT2D eigenvalue weighted by molar-refractivity contribution is -0.167. The quantitative estimate of drug-likeness (QED) is 0.0264. The molecular weight excluding hydrogens is 697 g/mol. The first kappa shape index (κ1) is 54.2. The van der Waals surface area contributed by atoms with Gasteiger partial charge in [0.25, 0.3) is 0 Å². The van der Waals surface area contributed by atoms with Crippen LogP contribution in [0.1, 0.15) is 271 Å². The van der Waals surface area contributed by atoms with Gasteiger partial charge in [-0.05, 0) is 44.9 Å². The summed E-state index contributed by atoms with van der Waals surface area (Å²) in [5, 5.41) is 0. The number of hydrogen-bond acceptors (Lipinski definition) is 6. The molecule has 56 heavy (non-hydrogen) atoms. The molecule has 0 aliphatic carbocycles. The van der Waals surface area contributed by atoms with Gasteiger partial charge in [0, 0.05) is 19.3 Å². The fraction of sp³-hybridized carbons (Fsp3) is 0.900. The molecule has 0 radical (unpaired) electrons. The van der Waals surface area contributed by atoms with E-state index in [1.165, 1.54) is 167 Å². The van der Waals surface area contributed by atoms with E-state index >= 15 is 0 Å². The van der Waals surface area contributed by atoms with Crippen LogP contribution in [0.2, 0.25) is 0 Å². The van der Waals surface area contributed by atoms with Gasteiger partial charge >= 0.3 is 17.9 Å². The average molecular weight is 791 g/mol. The molecule has 0 aromatic heterocycles. The number of allylic oxidation sites excluding steroid dienone is 2. The van der Waals surface area contributed by atoms with Crippen LogP contribution in [-0.4, -0.2) is 37.2 Å². The highest BCUT2D eigenvalue weighted by molar-refractivity contribution is 5.71. The number of hydrogen-bond donors (Lipinski definition) is 0. The minimum atomic E-state index is -0.765. The third-order valence-corrected chi connectivity index (χ3v) is 11.0. The second-order valence-electron chi connectivity index (χ2n) is 16.7. The molecular formula is C50H94O6. The Balaban J connectivity index is 4.31. The SMILES string of the molecule is CCCCCCCCC/C=C\CCCCCCCC(=O)OCC(COC(=O)CCCCCCCCCCCC)OC(=O)CCCCCCCCCCCCCC. The number of carbonyl (C=O) groups is 3. The second kappa shape index (κ2) is 45.8. The number of unbranched alkanes of at least 4 members (excludes halogenated alkanes) is 32. The van der Waals surface area contributed by atoms with Gasteiger partial charge in [-0.2, -0.15) is 0 Å². The third kappa shape index (κ3) is 43.3. The molecule has 0 saturated heterocycles. The van der Waals surface area contributed by atoms with Crippen LogP contribution in [-0.2, 0) is 28.6 Å². The Morgan fingerprint density at radius 2 is 0.589 bits per heavy atom. The van der Waals surface area contributed by atoms with Crippen LogP contribution < -0.4 is 0 Å². The minimum Gasteiger partial charge on any atom is -0.462 e. The molecule has 1 unspecified atom stereocenters. The molecule has 330 valence electrons. The Hall–Kier alpha value is -1.85. The molecule has 0 amide bonds. The highest BCUT2D eigenvalue weighted by atomic mass is 16.6. The van der Waals surface area contributed by atoms with Crippen LogP contribution in [0, 0.1) is 0 Å². The van der Waals surface area contributed by atoms with Crippen LogP contribution >= 0.6 is 0 Å². The third-order valence-electron chi connectivity index (χ3n) is 11.0. The molecule has 0 aromatic rings. The van der Waals surface area contributed by atoms with Gasteiger partial charge < -0.3 is 14.2 Å². The average Bonchev–Trinajstić information content (AvgIpc) is 3.19. The standard InChI is InChI=1S/C50H94O6/c1-4-7-10-13-16-19-22-24-25-26-27-29-31-34-37-40-43-49(52)55-46-47(45-54-48(51)42-39-36-33-30-21-18-15-12-9-6-3)56-50(53)44-41-38-35-32-28-23-20-17-14-11-8-5-2/h25-26,47H,4-24,27-46H2,1-3H3/b26-25-. The zero-order valence-corrected chi connectivity index (χ0v) is 37.7. The number of esters is 3. The summed E-state index contributed by atoms with van der Waals surface area (Å²) in [5.41, 5.74) is 0. The zero-order chi connectivity index (χ0) is 40.8. The highest BCUT2D eigenvalue weighted by Gasteiger charge is 2.19. The van der Waals surface area contributed by atoms with Crippen molar-refractivity contribution in [2.45, 2.75) is 277 Å². The van der Waals surface area contributed by atoms with Crippen LogP contribution in [0.3, 0.4) is 0 Å². The summed E-state index contributed by atoms with van der Waals surface area (Å²) in [6.07, 6.45) is 49.0. The van der Waals surface area contributed by atoms with Crippen molar-refractivity contribution in [2.75, 3.05) is 13.2 Å².